The Morgan fingerprint density at radius 2 is 1.53 bits per heavy atom. The van der Waals surface area contributed by atoms with E-state index in [1.54, 1.807) is 61.6 Å². The highest BCUT2D eigenvalue weighted by atomic mass is 35.5. The molecule has 3 aromatic rings. The van der Waals surface area contributed by atoms with Gasteiger partial charge in [0.1, 0.15) is 10.6 Å². The zero-order chi connectivity index (χ0) is 24.6. The van der Waals surface area contributed by atoms with Gasteiger partial charge in [-0.05, 0) is 54.6 Å². The van der Waals surface area contributed by atoms with Crippen molar-refractivity contribution in [1.82, 2.24) is 0 Å². The molecule has 4 nitrogen and oxygen atoms in total. The molecular formula is C24H15Cl2F3N2O2S. The molecule has 4 rings (SSSR count). The average molecular weight is 523 g/mol. The predicted molar refractivity (Wildman–Crippen MR) is 128 cm³/mol. The van der Waals surface area contributed by atoms with Crippen LogP contribution in [0.4, 0.5) is 24.5 Å². The largest absolute Gasteiger partial charge is 0.416 e. The van der Waals surface area contributed by atoms with Crippen molar-refractivity contribution in [2.45, 2.75) is 11.1 Å². The molecule has 2 amide bonds. The topological polar surface area (TPSA) is 40.6 Å². The Bertz CT molecular complexity index is 1300. The van der Waals surface area contributed by atoms with Gasteiger partial charge in [-0.3, -0.25) is 9.59 Å². The Morgan fingerprint density at radius 3 is 2.15 bits per heavy atom. The third kappa shape index (κ3) is 4.66. The number of hydrogen-bond acceptors (Lipinski definition) is 4. The average Bonchev–Trinajstić information content (AvgIpc) is 3.04. The van der Waals surface area contributed by atoms with E-state index in [9.17, 15) is 22.8 Å². The summed E-state index contributed by atoms with van der Waals surface area (Å²) in [7, 11) is 1.61. The van der Waals surface area contributed by atoms with Gasteiger partial charge in [-0.15, -0.1) is 0 Å². The number of halogens is 5. The first-order valence-electron chi connectivity index (χ1n) is 9.80. The molecule has 0 atom stereocenters. The van der Waals surface area contributed by atoms with Crippen molar-refractivity contribution in [2.24, 2.45) is 0 Å². The van der Waals surface area contributed by atoms with Gasteiger partial charge in [0.05, 0.1) is 16.3 Å². The van der Waals surface area contributed by atoms with Gasteiger partial charge >= 0.3 is 6.18 Å². The lowest BCUT2D eigenvalue weighted by atomic mass is 10.2. The quantitative estimate of drug-likeness (QED) is 0.337. The van der Waals surface area contributed by atoms with E-state index < -0.39 is 23.6 Å². The van der Waals surface area contributed by atoms with Crippen LogP contribution in [0.1, 0.15) is 5.56 Å². The summed E-state index contributed by atoms with van der Waals surface area (Å²) in [4.78, 5) is 29.9. The van der Waals surface area contributed by atoms with Crippen LogP contribution in [0.25, 0.3) is 0 Å². The molecule has 1 aliphatic heterocycles. The summed E-state index contributed by atoms with van der Waals surface area (Å²) in [5.74, 6) is -1.56. The van der Waals surface area contributed by atoms with Crippen LogP contribution in [-0.4, -0.2) is 18.9 Å². The van der Waals surface area contributed by atoms with Gasteiger partial charge in [-0.2, -0.15) is 13.2 Å². The second kappa shape index (κ2) is 9.37. The summed E-state index contributed by atoms with van der Waals surface area (Å²) in [6.45, 7) is 0. The first kappa shape index (κ1) is 24.2. The Kier molecular flexibility index (Phi) is 6.66. The number of alkyl halides is 3. The summed E-state index contributed by atoms with van der Waals surface area (Å²) in [6, 6.07) is 18.0. The van der Waals surface area contributed by atoms with E-state index in [1.165, 1.54) is 4.90 Å². The van der Waals surface area contributed by atoms with Gasteiger partial charge in [-0.25, -0.2) is 4.90 Å². The van der Waals surface area contributed by atoms with Gasteiger partial charge in [0, 0.05) is 22.7 Å². The van der Waals surface area contributed by atoms with Crippen LogP contribution in [0.3, 0.4) is 0 Å². The molecule has 0 spiro atoms. The lowest BCUT2D eigenvalue weighted by Crippen LogP contribution is -2.34. The monoisotopic (exact) mass is 522 g/mol. The molecule has 0 radical (unpaired) electrons. The zero-order valence-corrected chi connectivity index (χ0v) is 19.8. The van der Waals surface area contributed by atoms with Crippen LogP contribution < -0.4 is 9.80 Å². The molecule has 3 aromatic carbocycles. The minimum atomic E-state index is -4.68. The first-order valence-corrected chi connectivity index (χ1v) is 11.4. The number of amides is 2. The molecule has 1 aliphatic rings. The molecule has 0 aromatic heterocycles. The first-order chi connectivity index (χ1) is 16.1. The Labute approximate surface area is 207 Å². The zero-order valence-electron chi connectivity index (χ0n) is 17.4. The number of carbonyl (C=O) groups excluding carboxylic acids is 2. The van der Waals surface area contributed by atoms with E-state index in [2.05, 4.69) is 0 Å². The summed E-state index contributed by atoms with van der Waals surface area (Å²) in [6.07, 6.45) is -4.68. The normalized spacial score (nSPS) is 14.2. The molecule has 0 N–H and O–H groups in total. The van der Waals surface area contributed by atoms with Crippen molar-refractivity contribution in [3.8, 4) is 0 Å². The molecule has 0 saturated heterocycles. The number of thioether (sulfide) groups is 1. The Morgan fingerprint density at radius 1 is 0.882 bits per heavy atom. The van der Waals surface area contributed by atoms with E-state index in [-0.39, 0.29) is 21.3 Å². The number of likely N-dealkylation sites (N-methyl/N-ethyl adjacent to an activating group) is 1. The number of imide groups is 1. The number of rotatable bonds is 5. The number of anilines is 2. The minimum absolute atomic E-state index is 0.0182. The van der Waals surface area contributed by atoms with Crippen LogP contribution >= 0.6 is 35.0 Å². The molecular weight excluding hydrogens is 508 g/mol. The van der Waals surface area contributed by atoms with Gasteiger partial charge in [0.25, 0.3) is 11.8 Å². The fourth-order valence-electron chi connectivity index (χ4n) is 3.37. The van der Waals surface area contributed by atoms with Gasteiger partial charge in [-0.1, -0.05) is 53.2 Å². The fourth-order valence-corrected chi connectivity index (χ4v) is 4.70. The van der Waals surface area contributed by atoms with Crippen molar-refractivity contribution in [1.29, 1.82) is 0 Å². The van der Waals surface area contributed by atoms with E-state index in [1.807, 2.05) is 0 Å². The highest BCUT2D eigenvalue weighted by Gasteiger charge is 2.43. The number of carbonyl (C=O) groups is 2. The van der Waals surface area contributed by atoms with Crippen LogP contribution in [0, 0.1) is 0 Å². The predicted octanol–water partition coefficient (Wildman–Crippen LogP) is 7.03. The van der Waals surface area contributed by atoms with Crippen molar-refractivity contribution in [3.05, 3.63) is 99.0 Å². The molecule has 0 aliphatic carbocycles. The molecule has 0 saturated carbocycles. The van der Waals surface area contributed by atoms with Crippen LogP contribution in [0.2, 0.25) is 10.0 Å². The van der Waals surface area contributed by atoms with E-state index in [0.717, 1.165) is 23.9 Å². The summed E-state index contributed by atoms with van der Waals surface area (Å²) in [5.41, 5.74) is -0.726. The van der Waals surface area contributed by atoms with Crippen molar-refractivity contribution in [3.63, 3.8) is 0 Å². The minimum Gasteiger partial charge on any atom is -0.339 e. The van der Waals surface area contributed by atoms with Crippen molar-refractivity contribution < 1.29 is 22.8 Å². The van der Waals surface area contributed by atoms with Gasteiger partial charge < -0.3 is 4.90 Å². The third-order valence-corrected chi connectivity index (χ3v) is 6.70. The molecule has 1 heterocycles. The standard InChI is InChI=1S/C24H15Cl2F3N2O2S/c1-30(16-5-3-2-4-6-16)20-21(34-17-10-8-15(25)9-11-17)23(33)31(22(20)32)19-13-14(24(27,28)29)7-12-18(19)26/h2-13H,1H3. The maximum Gasteiger partial charge on any atom is 0.416 e. The molecule has 174 valence electrons. The summed E-state index contributed by atoms with van der Waals surface area (Å²) >= 11 is 13.1. The smallest absolute Gasteiger partial charge is 0.339 e. The third-order valence-electron chi connectivity index (χ3n) is 5.04. The van der Waals surface area contributed by atoms with E-state index >= 15 is 0 Å². The Balaban J connectivity index is 1.83. The maximum absolute atomic E-state index is 13.5. The summed E-state index contributed by atoms with van der Waals surface area (Å²) < 4.78 is 40.0. The maximum atomic E-state index is 13.5. The lowest BCUT2D eigenvalue weighted by Gasteiger charge is -2.22. The van der Waals surface area contributed by atoms with Crippen LogP contribution in [0.15, 0.2) is 88.3 Å². The highest BCUT2D eigenvalue weighted by molar-refractivity contribution is 8.04. The molecule has 34 heavy (non-hydrogen) atoms. The number of hydrogen-bond donors (Lipinski definition) is 0. The van der Waals surface area contributed by atoms with Crippen LogP contribution in [0.5, 0.6) is 0 Å². The highest BCUT2D eigenvalue weighted by Crippen LogP contribution is 2.43. The fraction of sp³-hybridized carbons (Fsp3) is 0.0833. The molecule has 0 bridgehead atoms. The molecule has 0 unspecified atom stereocenters. The molecule has 0 fully saturated rings. The van der Waals surface area contributed by atoms with E-state index in [0.29, 0.717) is 26.6 Å². The lowest BCUT2D eigenvalue weighted by molar-refractivity contribution is -0.137. The van der Waals surface area contributed by atoms with Crippen LogP contribution in [-0.2, 0) is 15.8 Å². The van der Waals surface area contributed by atoms with Crippen molar-refractivity contribution in [2.75, 3.05) is 16.8 Å². The number of nitrogens with zero attached hydrogens (tertiary/aromatic N) is 2. The van der Waals surface area contributed by atoms with Gasteiger partial charge in [0.15, 0.2) is 0 Å². The van der Waals surface area contributed by atoms with Gasteiger partial charge in [0.2, 0.25) is 0 Å². The number of benzene rings is 3. The SMILES string of the molecule is CN(C1=C(Sc2ccc(Cl)cc2)C(=O)N(c2cc(C(F)(F)F)ccc2Cl)C1=O)c1ccccc1. The summed E-state index contributed by atoms with van der Waals surface area (Å²) in [5, 5.41) is 0.334. The molecule has 10 heteroatoms. The second-order valence-corrected chi connectivity index (χ2v) is 9.17. The van der Waals surface area contributed by atoms with Crippen molar-refractivity contribution >= 4 is 58.2 Å². The Hall–Kier alpha value is -2.94. The van der Waals surface area contributed by atoms with E-state index in [4.69, 9.17) is 23.2 Å². The number of para-hydroxylation sites is 1. The second-order valence-electron chi connectivity index (χ2n) is 7.24.